The molecule has 0 aliphatic carbocycles. The van der Waals surface area contributed by atoms with Crippen molar-refractivity contribution in [3.63, 3.8) is 0 Å². The largest absolute Gasteiger partial charge is 0.383 e. The Bertz CT molecular complexity index is 799. The van der Waals surface area contributed by atoms with Gasteiger partial charge >= 0.3 is 0 Å². The highest BCUT2D eigenvalue weighted by atomic mass is 35.5. The third-order valence-electron chi connectivity index (χ3n) is 2.75. The molecular formula is C13H10ClN5O. The van der Waals surface area contributed by atoms with Crippen LogP contribution < -0.4 is 11.1 Å². The lowest BCUT2D eigenvalue weighted by molar-refractivity contribution is 0.112. The number of aromatic nitrogens is 3. The van der Waals surface area contributed by atoms with Crippen LogP contribution in [-0.4, -0.2) is 20.9 Å². The highest BCUT2D eigenvalue weighted by Gasteiger charge is 2.09. The lowest BCUT2D eigenvalue weighted by atomic mass is 10.3. The first-order valence-electron chi connectivity index (χ1n) is 5.79. The van der Waals surface area contributed by atoms with E-state index in [1.54, 1.807) is 18.2 Å². The molecule has 0 saturated heterocycles. The van der Waals surface area contributed by atoms with Gasteiger partial charge in [0.2, 0.25) is 0 Å². The summed E-state index contributed by atoms with van der Waals surface area (Å²) < 4.78 is 1.41. The van der Waals surface area contributed by atoms with Gasteiger partial charge < -0.3 is 11.1 Å². The van der Waals surface area contributed by atoms with E-state index < -0.39 is 0 Å². The van der Waals surface area contributed by atoms with E-state index in [9.17, 15) is 4.79 Å². The predicted octanol–water partition coefficient (Wildman–Crippen LogP) is 2.52. The Balaban J connectivity index is 2.05. The number of nitrogens with one attached hydrogen (secondary N) is 1. The molecule has 3 N–H and O–H groups in total. The monoisotopic (exact) mass is 287 g/mol. The molecular weight excluding hydrogens is 278 g/mol. The highest BCUT2D eigenvalue weighted by molar-refractivity contribution is 6.30. The van der Waals surface area contributed by atoms with Crippen LogP contribution in [0.1, 0.15) is 10.4 Å². The Morgan fingerprint density at radius 2 is 2.20 bits per heavy atom. The molecule has 0 bridgehead atoms. The number of anilines is 3. The molecule has 0 aliphatic rings. The maximum Gasteiger partial charge on any atom is 0.170 e. The van der Waals surface area contributed by atoms with Crippen molar-refractivity contribution >= 4 is 40.9 Å². The average molecular weight is 288 g/mol. The number of nitrogen functional groups attached to an aromatic ring is 1. The van der Waals surface area contributed by atoms with E-state index in [-0.39, 0.29) is 0 Å². The van der Waals surface area contributed by atoms with E-state index in [1.165, 1.54) is 10.7 Å². The minimum Gasteiger partial charge on any atom is -0.383 e. The van der Waals surface area contributed by atoms with Crippen molar-refractivity contribution in [3.05, 3.63) is 47.1 Å². The molecule has 0 unspecified atom stereocenters. The zero-order chi connectivity index (χ0) is 14.1. The second kappa shape index (κ2) is 4.82. The van der Waals surface area contributed by atoms with Crippen LogP contribution in [0.3, 0.4) is 0 Å². The van der Waals surface area contributed by atoms with Crippen molar-refractivity contribution in [2.45, 2.75) is 0 Å². The van der Waals surface area contributed by atoms with Crippen LogP contribution in [0.15, 0.2) is 36.5 Å². The number of nitrogens with zero attached hydrogens (tertiary/aromatic N) is 3. The molecule has 2 aromatic heterocycles. The summed E-state index contributed by atoms with van der Waals surface area (Å²) >= 11 is 5.92. The number of carbonyl (C=O) groups is 1. The molecule has 0 atom stereocenters. The molecule has 0 radical (unpaired) electrons. The van der Waals surface area contributed by atoms with Gasteiger partial charge in [0.05, 0.1) is 11.8 Å². The fraction of sp³-hybridized carbons (Fsp3) is 0. The summed E-state index contributed by atoms with van der Waals surface area (Å²) in [6.45, 7) is 0. The topological polar surface area (TPSA) is 85.3 Å². The third kappa shape index (κ3) is 2.17. The van der Waals surface area contributed by atoms with E-state index in [0.29, 0.717) is 34.2 Å². The number of hydrogen-bond donors (Lipinski definition) is 2. The summed E-state index contributed by atoms with van der Waals surface area (Å²) in [4.78, 5) is 15.3. The minimum absolute atomic E-state index is 0.381. The van der Waals surface area contributed by atoms with Crippen molar-refractivity contribution in [2.24, 2.45) is 0 Å². The van der Waals surface area contributed by atoms with Gasteiger partial charge in [0.25, 0.3) is 0 Å². The quantitative estimate of drug-likeness (QED) is 0.723. The second-order valence-corrected chi connectivity index (χ2v) is 4.59. The average Bonchev–Trinajstić information content (AvgIpc) is 2.82. The number of aldehydes is 1. The number of fused-ring (bicyclic) bond motifs is 1. The molecule has 1 aromatic carbocycles. The summed E-state index contributed by atoms with van der Waals surface area (Å²) in [7, 11) is 0. The van der Waals surface area contributed by atoms with Crippen LogP contribution >= 0.6 is 11.6 Å². The molecule has 2 heterocycles. The van der Waals surface area contributed by atoms with E-state index in [4.69, 9.17) is 17.3 Å². The molecule has 0 spiro atoms. The first-order valence-corrected chi connectivity index (χ1v) is 6.17. The smallest absolute Gasteiger partial charge is 0.170 e. The lowest BCUT2D eigenvalue weighted by Gasteiger charge is -2.08. The van der Waals surface area contributed by atoms with E-state index >= 15 is 0 Å². The lowest BCUT2D eigenvalue weighted by Crippen LogP contribution is -2.03. The van der Waals surface area contributed by atoms with Crippen molar-refractivity contribution in [1.29, 1.82) is 0 Å². The SMILES string of the molecule is Nc1cc(Nc2cccc(Cl)c2)nc2c(C=O)cnn12. The number of nitrogens with two attached hydrogens (primary N) is 1. The van der Waals surface area contributed by atoms with Crippen LogP contribution in [0.25, 0.3) is 5.65 Å². The fourth-order valence-corrected chi connectivity index (χ4v) is 2.05. The van der Waals surface area contributed by atoms with Gasteiger partial charge in [-0.05, 0) is 18.2 Å². The van der Waals surface area contributed by atoms with Crippen LogP contribution in [0, 0.1) is 0 Å². The maximum absolute atomic E-state index is 10.9. The summed E-state index contributed by atoms with van der Waals surface area (Å²) in [6.07, 6.45) is 2.12. The Morgan fingerprint density at radius 1 is 1.35 bits per heavy atom. The Morgan fingerprint density at radius 3 is 2.95 bits per heavy atom. The summed E-state index contributed by atoms with van der Waals surface area (Å²) in [5, 5.41) is 7.70. The summed E-state index contributed by atoms with van der Waals surface area (Å²) in [6, 6.07) is 8.85. The van der Waals surface area contributed by atoms with Crippen LogP contribution in [0.2, 0.25) is 5.02 Å². The first kappa shape index (κ1) is 12.4. The Labute approximate surface area is 119 Å². The van der Waals surface area contributed by atoms with Crippen LogP contribution in [0.5, 0.6) is 0 Å². The maximum atomic E-state index is 10.9. The summed E-state index contributed by atoms with van der Waals surface area (Å²) in [5.74, 6) is 0.897. The second-order valence-electron chi connectivity index (χ2n) is 4.15. The number of benzene rings is 1. The molecule has 7 heteroatoms. The third-order valence-corrected chi connectivity index (χ3v) is 2.99. The van der Waals surface area contributed by atoms with Gasteiger partial charge in [-0.1, -0.05) is 17.7 Å². The zero-order valence-electron chi connectivity index (χ0n) is 10.2. The first-order chi connectivity index (χ1) is 9.67. The predicted molar refractivity (Wildman–Crippen MR) is 77.5 cm³/mol. The number of rotatable bonds is 3. The van der Waals surface area contributed by atoms with Gasteiger partial charge in [-0.3, -0.25) is 4.79 Å². The molecule has 0 aliphatic heterocycles. The molecule has 0 amide bonds. The molecule has 3 rings (SSSR count). The Hall–Kier alpha value is -2.60. The van der Waals surface area contributed by atoms with Gasteiger partial charge in [-0.15, -0.1) is 0 Å². The highest BCUT2D eigenvalue weighted by Crippen LogP contribution is 2.21. The number of hydrogen-bond acceptors (Lipinski definition) is 5. The molecule has 20 heavy (non-hydrogen) atoms. The summed E-state index contributed by atoms with van der Waals surface area (Å²) in [5.41, 5.74) is 7.45. The Kier molecular flexibility index (Phi) is 3.00. The van der Waals surface area contributed by atoms with E-state index in [2.05, 4.69) is 15.4 Å². The zero-order valence-corrected chi connectivity index (χ0v) is 11.0. The molecule has 100 valence electrons. The molecule has 3 aromatic rings. The van der Waals surface area contributed by atoms with Gasteiger partial charge in [0, 0.05) is 16.8 Å². The molecule has 0 saturated carbocycles. The molecule has 0 fully saturated rings. The van der Waals surface area contributed by atoms with Gasteiger partial charge in [0.1, 0.15) is 11.6 Å². The minimum atomic E-state index is 0.381. The number of carbonyl (C=O) groups excluding carboxylic acids is 1. The van der Waals surface area contributed by atoms with Crippen LogP contribution in [0.4, 0.5) is 17.3 Å². The van der Waals surface area contributed by atoms with Crippen molar-refractivity contribution in [1.82, 2.24) is 14.6 Å². The van der Waals surface area contributed by atoms with Gasteiger partial charge in [-0.2, -0.15) is 9.61 Å². The van der Waals surface area contributed by atoms with Crippen molar-refractivity contribution < 1.29 is 4.79 Å². The van der Waals surface area contributed by atoms with Gasteiger partial charge in [0.15, 0.2) is 11.9 Å². The van der Waals surface area contributed by atoms with Crippen molar-refractivity contribution in [2.75, 3.05) is 11.1 Å². The van der Waals surface area contributed by atoms with Gasteiger partial charge in [-0.25, -0.2) is 4.98 Å². The molecule has 6 nitrogen and oxygen atoms in total. The van der Waals surface area contributed by atoms with E-state index in [0.717, 1.165) is 5.69 Å². The number of halogens is 1. The fourth-order valence-electron chi connectivity index (χ4n) is 1.86. The van der Waals surface area contributed by atoms with Crippen molar-refractivity contribution in [3.8, 4) is 0 Å². The van der Waals surface area contributed by atoms with E-state index in [1.807, 2.05) is 12.1 Å². The normalized spacial score (nSPS) is 10.7. The van der Waals surface area contributed by atoms with Crippen LogP contribution in [-0.2, 0) is 0 Å². The standard InChI is InChI=1S/C13H10ClN5O/c14-9-2-1-3-10(4-9)17-12-5-11(15)19-13(18-12)8(7-20)6-16-19/h1-7H,15H2,(H,17,18).